The highest BCUT2D eigenvalue weighted by Gasteiger charge is 2.67. The van der Waals surface area contributed by atoms with Gasteiger partial charge in [0.2, 0.25) is 11.8 Å². The third-order valence-corrected chi connectivity index (χ3v) is 13.5. The molecule has 5 aliphatic heterocycles. The fourth-order valence-electron chi connectivity index (χ4n) is 10.9. The number of nitrogens with one attached hydrogen (secondary N) is 1. The van der Waals surface area contributed by atoms with Crippen molar-refractivity contribution in [2.75, 3.05) is 18.0 Å². The van der Waals surface area contributed by atoms with Crippen LogP contribution < -0.4 is 15.0 Å². The first-order chi connectivity index (χ1) is 26.7. The van der Waals surface area contributed by atoms with E-state index >= 15 is 0 Å². The van der Waals surface area contributed by atoms with Crippen LogP contribution in [0.2, 0.25) is 5.02 Å². The number of imide groups is 2. The quantitative estimate of drug-likeness (QED) is 0.324. The lowest BCUT2D eigenvalue weighted by Gasteiger charge is -2.65. The molecule has 0 bridgehead atoms. The first-order valence-electron chi connectivity index (χ1n) is 19.3. The Balaban J connectivity index is 0.828. The monoisotopic (exact) mass is 774 g/mol. The number of fused-ring (bicyclic) bond motifs is 3. The Bertz CT molecular complexity index is 2250. The third-order valence-electron chi connectivity index (χ3n) is 13.2. The number of halogens is 1. The Hall–Kier alpha value is -5.25. The standard InChI is InChI=1S/C43H43ClN6O6/c1-42(2)40(43(3,4)41(42)56-29-7-5-23(19-45)33(44)18-29)49-22-26-15-28(6-8-30(26)37(49)53)47-13-11-27(12-14-47)48-20-24-16-31-32(17-25(24)21-48)39(55)50(38(31)54)34-9-10-35(51)46-36(34)52/h5-8,15-18,27,34,40-41H,9-14,20-22H2,1-4H3,(H,46,51,52). The largest absolute Gasteiger partial charge is 0.489 e. The van der Waals surface area contributed by atoms with Gasteiger partial charge >= 0.3 is 0 Å². The van der Waals surface area contributed by atoms with Crippen LogP contribution in [0.5, 0.6) is 5.75 Å². The molecule has 2 saturated heterocycles. The minimum atomic E-state index is -0.973. The lowest BCUT2D eigenvalue weighted by atomic mass is 9.49. The Morgan fingerprint density at radius 3 is 2.05 bits per heavy atom. The van der Waals surface area contributed by atoms with E-state index in [2.05, 4.69) is 61.0 Å². The van der Waals surface area contributed by atoms with Crippen molar-refractivity contribution < 1.29 is 28.7 Å². The summed E-state index contributed by atoms with van der Waals surface area (Å²) in [6, 6.07) is 16.4. The predicted molar refractivity (Wildman–Crippen MR) is 206 cm³/mol. The maximum atomic E-state index is 13.9. The van der Waals surface area contributed by atoms with E-state index in [1.165, 1.54) is 0 Å². The number of carbonyl (C=O) groups excluding carboxylic acids is 5. The lowest BCUT2D eigenvalue weighted by molar-refractivity contribution is -0.199. The number of nitriles is 1. The second kappa shape index (κ2) is 12.9. The van der Waals surface area contributed by atoms with Crippen molar-refractivity contribution in [1.29, 1.82) is 5.26 Å². The van der Waals surface area contributed by atoms with E-state index in [9.17, 15) is 29.2 Å². The van der Waals surface area contributed by atoms with Crippen LogP contribution in [0.1, 0.15) is 107 Å². The number of ether oxygens (including phenoxy) is 1. The normalized spacial score (nSPS) is 25.5. The summed E-state index contributed by atoms with van der Waals surface area (Å²) in [7, 11) is 0. The number of rotatable bonds is 6. The molecule has 13 heteroatoms. The number of nitrogens with zero attached hydrogens (tertiary/aromatic N) is 5. The van der Waals surface area contributed by atoms with E-state index in [1.807, 2.05) is 23.1 Å². The summed E-state index contributed by atoms with van der Waals surface area (Å²) in [5.74, 6) is -1.30. The Morgan fingerprint density at radius 2 is 1.45 bits per heavy atom. The molecule has 5 amide bonds. The predicted octanol–water partition coefficient (Wildman–Crippen LogP) is 5.44. The van der Waals surface area contributed by atoms with Crippen LogP contribution in [0, 0.1) is 22.2 Å². The van der Waals surface area contributed by atoms with E-state index in [0.717, 1.165) is 58.8 Å². The molecule has 0 spiro atoms. The molecule has 1 N–H and O–H groups in total. The topological polar surface area (TPSA) is 143 Å². The van der Waals surface area contributed by atoms with Gasteiger partial charge in [0.05, 0.1) is 21.7 Å². The minimum absolute atomic E-state index is 0.0444. The molecule has 3 aromatic carbocycles. The zero-order chi connectivity index (χ0) is 39.4. The van der Waals surface area contributed by atoms with E-state index in [4.69, 9.17) is 16.3 Å². The summed E-state index contributed by atoms with van der Waals surface area (Å²) in [4.78, 5) is 72.7. The molecule has 0 radical (unpaired) electrons. The first-order valence-corrected chi connectivity index (χ1v) is 19.7. The van der Waals surface area contributed by atoms with Crippen LogP contribution in [0.15, 0.2) is 48.5 Å². The highest BCUT2D eigenvalue weighted by atomic mass is 35.5. The maximum absolute atomic E-state index is 13.9. The number of hydrogen-bond donors (Lipinski definition) is 1. The summed E-state index contributed by atoms with van der Waals surface area (Å²) in [5.41, 5.74) is 5.32. The van der Waals surface area contributed by atoms with Gasteiger partial charge in [0, 0.05) is 79.4 Å². The molecule has 3 fully saturated rings. The van der Waals surface area contributed by atoms with Gasteiger partial charge in [-0.2, -0.15) is 5.26 Å². The van der Waals surface area contributed by atoms with E-state index in [0.29, 0.717) is 53.1 Å². The van der Waals surface area contributed by atoms with Gasteiger partial charge in [0.15, 0.2) is 0 Å². The number of piperidine rings is 2. The van der Waals surface area contributed by atoms with E-state index in [-0.39, 0.29) is 41.7 Å². The fourth-order valence-corrected chi connectivity index (χ4v) is 11.1. The van der Waals surface area contributed by atoms with Gasteiger partial charge in [-0.1, -0.05) is 39.3 Å². The molecular weight excluding hydrogens is 732 g/mol. The van der Waals surface area contributed by atoms with Crippen LogP contribution >= 0.6 is 11.6 Å². The summed E-state index contributed by atoms with van der Waals surface area (Å²) in [6.45, 7) is 12.2. The van der Waals surface area contributed by atoms with Crippen molar-refractivity contribution in [2.24, 2.45) is 10.8 Å². The number of hydrogen-bond acceptors (Lipinski definition) is 9. The van der Waals surface area contributed by atoms with Gasteiger partial charge in [-0.25, -0.2) is 0 Å². The highest BCUT2D eigenvalue weighted by molar-refractivity contribution is 6.31. The number of amides is 5. The zero-order valence-electron chi connectivity index (χ0n) is 31.9. The van der Waals surface area contributed by atoms with Crippen LogP contribution in [0.25, 0.3) is 0 Å². The second-order valence-electron chi connectivity index (χ2n) is 17.3. The van der Waals surface area contributed by atoms with Gasteiger partial charge in [-0.3, -0.25) is 39.1 Å². The fraction of sp³-hybridized carbons (Fsp3) is 0.442. The molecule has 1 atom stereocenters. The van der Waals surface area contributed by atoms with Crippen LogP contribution in [-0.4, -0.2) is 81.6 Å². The third kappa shape index (κ3) is 5.53. The van der Waals surface area contributed by atoms with Crippen LogP contribution in [-0.2, 0) is 29.2 Å². The molecule has 0 aromatic heterocycles. The zero-order valence-corrected chi connectivity index (χ0v) is 32.6. The number of benzene rings is 3. The molecule has 6 aliphatic rings. The van der Waals surface area contributed by atoms with Crippen molar-refractivity contribution >= 4 is 46.8 Å². The van der Waals surface area contributed by atoms with Crippen molar-refractivity contribution in [1.82, 2.24) is 20.0 Å². The molecule has 1 unspecified atom stereocenters. The van der Waals surface area contributed by atoms with E-state index < -0.39 is 29.7 Å². The molecule has 56 heavy (non-hydrogen) atoms. The average molecular weight is 775 g/mol. The molecule has 9 rings (SSSR count). The van der Waals surface area contributed by atoms with Crippen molar-refractivity contribution in [2.45, 2.75) is 97.2 Å². The summed E-state index contributed by atoms with van der Waals surface area (Å²) >= 11 is 6.30. The van der Waals surface area contributed by atoms with Gasteiger partial charge in [-0.15, -0.1) is 0 Å². The van der Waals surface area contributed by atoms with Crippen molar-refractivity contribution in [3.63, 3.8) is 0 Å². The second-order valence-corrected chi connectivity index (χ2v) is 17.7. The average Bonchev–Trinajstić information content (AvgIpc) is 3.80. The summed E-state index contributed by atoms with van der Waals surface area (Å²) in [6.07, 6.45) is 1.95. The minimum Gasteiger partial charge on any atom is -0.489 e. The summed E-state index contributed by atoms with van der Waals surface area (Å²) < 4.78 is 6.49. The molecular formula is C43H43ClN6O6. The maximum Gasteiger partial charge on any atom is 0.262 e. The van der Waals surface area contributed by atoms with Crippen LogP contribution in [0.3, 0.4) is 0 Å². The van der Waals surface area contributed by atoms with E-state index in [1.54, 1.807) is 18.2 Å². The first kappa shape index (κ1) is 36.4. The van der Waals surface area contributed by atoms with Crippen LogP contribution in [0.4, 0.5) is 5.69 Å². The van der Waals surface area contributed by atoms with Crippen molar-refractivity contribution in [3.05, 3.63) is 92.5 Å². The smallest absolute Gasteiger partial charge is 0.262 e. The van der Waals surface area contributed by atoms with Gasteiger partial charge in [0.25, 0.3) is 17.7 Å². The molecule has 3 aromatic rings. The summed E-state index contributed by atoms with van der Waals surface area (Å²) in [5, 5.41) is 11.9. The lowest BCUT2D eigenvalue weighted by Crippen LogP contribution is -2.74. The molecule has 288 valence electrons. The number of carbonyl (C=O) groups is 5. The molecule has 12 nitrogen and oxygen atoms in total. The molecule has 1 aliphatic carbocycles. The highest BCUT2D eigenvalue weighted by Crippen LogP contribution is 2.59. The molecule has 5 heterocycles. The Labute approximate surface area is 330 Å². The number of anilines is 1. The van der Waals surface area contributed by atoms with Gasteiger partial charge in [-0.05, 0) is 78.4 Å². The SMILES string of the molecule is CC1(C)C(Oc2ccc(C#N)c(Cl)c2)C(C)(C)C1N1Cc2cc(N3CCC(N4Cc5cc6c(cc5C4)C(=O)N(C4CCC(=O)NC4=O)C6=O)CC3)ccc2C1=O. The Morgan fingerprint density at radius 1 is 0.786 bits per heavy atom. The Kier molecular flexibility index (Phi) is 8.38. The van der Waals surface area contributed by atoms with Gasteiger partial charge < -0.3 is 14.5 Å². The molecule has 1 saturated carbocycles. The van der Waals surface area contributed by atoms with Crippen molar-refractivity contribution in [3.8, 4) is 11.8 Å². The van der Waals surface area contributed by atoms with Gasteiger partial charge in [0.1, 0.15) is 24.0 Å².